The van der Waals surface area contributed by atoms with Crippen LogP contribution in [0.15, 0.2) is 48.9 Å². The van der Waals surface area contributed by atoms with Gasteiger partial charge in [-0.15, -0.1) is 0 Å². The van der Waals surface area contributed by atoms with Gasteiger partial charge in [-0.05, 0) is 48.6 Å². The topological polar surface area (TPSA) is 100 Å². The lowest BCUT2D eigenvalue weighted by atomic mass is 9.80. The molecule has 7 nitrogen and oxygen atoms in total. The Morgan fingerprint density at radius 3 is 2.67 bits per heavy atom. The minimum absolute atomic E-state index is 0.0475. The molecule has 0 amide bonds. The third-order valence-electron chi connectivity index (χ3n) is 6.13. The van der Waals surface area contributed by atoms with E-state index in [2.05, 4.69) is 64.9 Å². The van der Waals surface area contributed by atoms with Gasteiger partial charge in [0.15, 0.2) is 0 Å². The Morgan fingerprint density at radius 2 is 1.93 bits per heavy atom. The van der Waals surface area contributed by atoms with Gasteiger partial charge in [0.05, 0.1) is 12.3 Å². The van der Waals surface area contributed by atoms with Crippen LogP contribution in [0.2, 0.25) is 0 Å². The van der Waals surface area contributed by atoms with Gasteiger partial charge in [-0.3, -0.25) is 4.18 Å². The van der Waals surface area contributed by atoms with E-state index in [-0.39, 0.29) is 24.0 Å². The van der Waals surface area contributed by atoms with Crippen LogP contribution in [-0.4, -0.2) is 29.6 Å². The van der Waals surface area contributed by atoms with Crippen molar-refractivity contribution in [3.63, 3.8) is 0 Å². The van der Waals surface area contributed by atoms with E-state index in [0.29, 0.717) is 0 Å². The summed E-state index contributed by atoms with van der Waals surface area (Å²) in [4.78, 5) is 9.17. The molecule has 2 N–H and O–H groups in total. The van der Waals surface area contributed by atoms with Crippen LogP contribution < -0.4 is 5.14 Å². The first-order valence-electron chi connectivity index (χ1n) is 10.3. The molecule has 2 heterocycles. The number of nitrogens with two attached hydrogens (primary N) is 1. The number of hydrogen-bond donors (Lipinski definition) is 1. The molecule has 0 unspecified atom stereocenters. The van der Waals surface area contributed by atoms with Crippen molar-refractivity contribution < 1.29 is 12.6 Å². The number of fused-ring (bicyclic) bond motifs is 1. The average molecular weight is 429 g/mol. The molecule has 1 aliphatic carbocycles. The van der Waals surface area contributed by atoms with Crippen LogP contribution >= 0.6 is 0 Å². The van der Waals surface area contributed by atoms with Crippen molar-refractivity contribution in [3.8, 4) is 0 Å². The highest BCUT2D eigenvalue weighted by molar-refractivity contribution is 7.84. The first-order chi connectivity index (χ1) is 14.2. The van der Waals surface area contributed by atoms with Crippen molar-refractivity contribution in [1.29, 1.82) is 0 Å². The van der Waals surface area contributed by atoms with Crippen molar-refractivity contribution >= 4 is 21.3 Å². The molecular formula is C22H28N4O3S. The standard InChI is InChI=1S/C22H28N4O3S/c1-22(2,17-6-4-3-5-7-17)13-20-19-10-11-26(21(19)25-15-24-20)18-9-8-16(12-18)14-29-30(23,27)28/h3-7,10-11,15-16,18H,8-9,12-14H2,1-2H3,(H2,23,27,28)/t16-,18-/m0/s1. The molecule has 1 saturated carbocycles. The third kappa shape index (κ3) is 4.55. The molecule has 0 radical (unpaired) electrons. The smallest absolute Gasteiger partial charge is 0.329 e. The van der Waals surface area contributed by atoms with Crippen LogP contribution in [0, 0.1) is 5.92 Å². The monoisotopic (exact) mass is 428 g/mol. The van der Waals surface area contributed by atoms with Crippen LogP contribution in [-0.2, 0) is 26.3 Å². The van der Waals surface area contributed by atoms with E-state index in [0.717, 1.165) is 42.4 Å². The molecule has 1 aliphatic rings. The van der Waals surface area contributed by atoms with Crippen LogP contribution in [0.1, 0.15) is 50.4 Å². The first kappa shape index (κ1) is 21.0. The predicted octanol–water partition coefficient (Wildman–Crippen LogP) is 3.51. The maximum Gasteiger partial charge on any atom is 0.333 e. The molecule has 2 aromatic heterocycles. The van der Waals surface area contributed by atoms with Gasteiger partial charge in [-0.1, -0.05) is 44.2 Å². The number of nitrogens with zero attached hydrogens (tertiary/aromatic N) is 3. The molecule has 0 aliphatic heterocycles. The van der Waals surface area contributed by atoms with E-state index in [4.69, 9.17) is 9.32 Å². The van der Waals surface area contributed by atoms with Gasteiger partial charge >= 0.3 is 10.3 Å². The van der Waals surface area contributed by atoms with Crippen LogP contribution in [0.4, 0.5) is 0 Å². The second-order valence-electron chi connectivity index (χ2n) is 8.82. The normalized spacial score (nSPS) is 20.1. The zero-order valence-corrected chi connectivity index (χ0v) is 18.2. The van der Waals surface area contributed by atoms with E-state index in [1.807, 2.05) is 6.07 Å². The summed E-state index contributed by atoms with van der Waals surface area (Å²) in [7, 11) is -3.89. The van der Waals surface area contributed by atoms with E-state index >= 15 is 0 Å². The fraction of sp³-hybridized carbons (Fsp3) is 0.455. The second-order valence-corrected chi connectivity index (χ2v) is 10.0. The van der Waals surface area contributed by atoms with E-state index in [1.54, 1.807) is 6.33 Å². The predicted molar refractivity (Wildman–Crippen MR) is 116 cm³/mol. The molecule has 0 spiro atoms. The Hall–Kier alpha value is -2.29. The summed E-state index contributed by atoms with van der Waals surface area (Å²) < 4.78 is 29.1. The Bertz CT molecular complexity index is 1130. The van der Waals surface area contributed by atoms with E-state index in [9.17, 15) is 8.42 Å². The summed E-state index contributed by atoms with van der Waals surface area (Å²) in [6.45, 7) is 4.61. The number of benzene rings is 1. The molecule has 30 heavy (non-hydrogen) atoms. The molecule has 4 rings (SSSR count). The number of aromatic nitrogens is 3. The van der Waals surface area contributed by atoms with Crippen LogP contribution in [0.3, 0.4) is 0 Å². The number of hydrogen-bond acceptors (Lipinski definition) is 5. The quantitative estimate of drug-likeness (QED) is 0.621. The van der Waals surface area contributed by atoms with Crippen molar-refractivity contribution in [1.82, 2.24) is 14.5 Å². The maximum absolute atomic E-state index is 11.1. The van der Waals surface area contributed by atoms with Gasteiger partial charge < -0.3 is 4.57 Å². The summed E-state index contributed by atoms with van der Waals surface area (Å²) >= 11 is 0. The van der Waals surface area contributed by atoms with Crippen molar-refractivity contribution in [2.24, 2.45) is 11.1 Å². The molecule has 0 bridgehead atoms. The molecule has 8 heteroatoms. The first-order valence-corrected chi connectivity index (χ1v) is 11.7. The van der Waals surface area contributed by atoms with Gasteiger partial charge in [0, 0.05) is 17.6 Å². The zero-order chi connectivity index (χ0) is 21.4. The lowest BCUT2D eigenvalue weighted by Crippen LogP contribution is -2.21. The lowest BCUT2D eigenvalue weighted by Gasteiger charge is -2.25. The summed E-state index contributed by atoms with van der Waals surface area (Å²) in [6.07, 6.45) is 7.23. The fourth-order valence-electron chi connectivity index (χ4n) is 4.51. The largest absolute Gasteiger partial charge is 0.333 e. The van der Waals surface area contributed by atoms with Gasteiger partial charge in [0.1, 0.15) is 12.0 Å². The molecule has 0 saturated heterocycles. The fourth-order valence-corrected chi connectivity index (χ4v) is 4.89. The van der Waals surface area contributed by atoms with E-state index < -0.39 is 10.3 Å². The Kier molecular flexibility index (Phi) is 5.65. The van der Waals surface area contributed by atoms with Crippen LogP contribution in [0.5, 0.6) is 0 Å². The molecule has 1 fully saturated rings. The van der Waals surface area contributed by atoms with Gasteiger partial charge in [-0.25, -0.2) is 15.1 Å². The Morgan fingerprint density at radius 1 is 1.17 bits per heavy atom. The van der Waals surface area contributed by atoms with Crippen molar-refractivity contribution in [2.75, 3.05) is 6.61 Å². The Labute approximate surface area is 177 Å². The Balaban J connectivity index is 1.54. The minimum atomic E-state index is -3.89. The minimum Gasteiger partial charge on any atom is -0.329 e. The lowest BCUT2D eigenvalue weighted by molar-refractivity contribution is 0.253. The zero-order valence-electron chi connectivity index (χ0n) is 17.4. The van der Waals surface area contributed by atoms with Crippen LogP contribution in [0.25, 0.3) is 11.0 Å². The average Bonchev–Trinajstić information content (AvgIpc) is 3.33. The summed E-state index contributed by atoms with van der Waals surface area (Å²) in [5.74, 6) is 0.170. The highest BCUT2D eigenvalue weighted by Gasteiger charge is 2.29. The molecule has 1 aromatic carbocycles. The number of rotatable bonds is 7. The third-order valence-corrected chi connectivity index (χ3v) is 6.60. The maximum atomic E-state index is 11.1. The highest BCUT2D eigenvalue weighted by Crippen LogP contribution is 2.37. The SMILES string of the molecule is CC(C)(Cc1ncnc2c1ccn2[C@H]1CC[C@H](COS(N)(=O)=O)C1)c1ccccc1. The second kappa shape index (κ2) is 8.09. The van der Waals surface area contributed by atoms with Gasteiger partial charge in [0.25, 0.3) is 0 Å². The summed E-state index contributed by atoms with van der Waals surface area (Å²) in [5, 5.41) is 6.03. The molecule has 2 atom stereocenters. The summed E-state index contributed by atoms with van der Waals surface area (Å²) in [6, 6.07) is 12.9. The summed E-state index contributed by atoms with van der Waals surface area (Å²) in [5.41, 5.74) is 3.21. The molecular weight excluding hydrogens is 400 g/mol. The van der Waals surface area contributed by atoms with E-state index in [1.165, 1.54) is 5.56 Å². The molecule has 160 valence electrons. The van der Waals surface area contributed by atoms with Gasteiger partial charge in [0.2, 0.25) is 0 Å². The molecule has 3 aromatic rings. The van der Waals surface area contributed by atoms with Crippen molar-refractivity contribution in [2.45, 2.75) is 51.0 Å². The van der Waals surface area contributed by atoms with Crippen molar-refractivity contribution in [3.05, 3.63) is 60.2 Å². The van der Waals surface area contributed by atoms with Gasteiger partial charge in [-0.2, -0.15) is 8.42 Å². The highest BCUT2D eigenvalue weighted by atomic mass is 32.2.